The van der Waals surface area contributed by atoms with Crippen LogP contribution in [0.2, 0.25) is 0 Å². The lowest BCUT2D eigenvalue weighted by atomic mass is 9.75. The lowest BCUT2D eigenvalue weighted by molar-refractivity contribution is 0.00904. The van der Waals surface area contributed by atoms with E-state index in [0.717, 1.165) is 41.8 Å². The molecular formula is C25H31NO2. The third-order valence-corrected chi connectivity index (χ3v) is 6.71. The van der Waals surface area contributed by atoms with Crippen LogP contribution in [0.4, 0.5) is 0 Å². The second-order valence-corrected chi connectivity index (χ2v) is 8.57. The van der Waals surface area contributed by atoms with Gasteiger partial charge >= 0.3 is 0 Å². The first-order valence-corrected chi connectivity index (χ1v) is 10.6. The Morgan fingerprint density at radius 1 is 1.04 bits per heavy atom. The van der Waals surface area contributed by atoms with E-state index in [4.69, 9.17) is 4.74 Å². The Morgan fingerprint density at radius 3 is 2.36 bits per heavy atom. The number of fused-ring (bicyclic) bond motifs is 2. The Hall–Kier alpha value is -2.13. The van der Waals surface area contributed by atoms with Gasteiger partial charge in [-0.25, -0.2) is 0 Å². The van der Waals surface area contributed by atoms with Gasteiger partial charge in [0.2, 0.25) is 0 Å². The Balaban J connectivity index is 1.52. The molecule has 2 unspecified atom stereocenters. The highest BCUT2D eigenvalue weighted by Gasteiger charge is 2.40. The molecule has 2 aromatic rings. The maximum absolute atomic E-state index is 13.4. The van der Waals surface area contributed by atoms with E-state index in [1.54, 1.807) is 7.11 Å². The average molecular weight is 378 g/mol. The highest BCUT2D eigenvalue weighted by Crippen LogP contribution is 2.39. The second kappa shape index (κ2) is 8.08. The molecule has 28 heavy (non-hydrogen) atoms. The minimum absolute atomic E-state index is 0.147. The van der Waals surface area contributed by atoms with Gasteiger partial charge in [-0.2, -0.15) is 0 Å². The Bertz CT molecular complexity index is 831. The molecule has 2 bridgehead atoms. The van der Waals surface area contributed by atoms with E-state index in [-0.39, 0.29) is 5.92 Å². The highest BCUT2D eigenvalue weighted by molar-refractivity contribution is 5.99. The van der Waals surface area contributed by atoms with E-state index < -0.39 is 0 Å². The SMILES string of the molecule is COc1cc(C)c(C(=O)C2CC3CCCC(C2)N3Cc2ccccc2)cc1C. The molecule has 2 aliphatic rings. The van der Waals surface area contributed by atoms with E-state index in [9.17, 15) is 4.79 Å². The fourth-order valence-corrected chi connectivity index (χ4v) is 5.24. The fourth-order valence-electron chi connectivity index (χ4n) is 5.24. The van der Waals surface area contributed by atoms with E-state index in [2.05, 4.69) is 35.2 Å². The summed E-state index contributed by atoms with van der Waals surface area (Å²) in [6.45, 7) is 5.06. The van der Waals surface area contributed by atoms with Gasteiger partial charge in [-0.3, -0.25) is 9.69 Å². The van der Waals surface area contributed by atoms with Crippen LogP contribution in [-0.4, -0.2) is 29.9 Å². The molecule has 3 heteroatoms. The van der Waals surface area contributed by atoms with Gasteiger partial charge in [0.15, 0.2) is 5.78 Å². The van der Waals surface area contributed by atoms with Crippen LogP contribution < -0.4 is 4.74 Å². The summed E-state index contributed by atoms with van der Waals surface area (Å²) in [4.78, 5) is 16.1. The van der Waals surface area contributed by atoms with E-state index in [1.165, 1.54) is 24.8 Å². The summed E-state index contributed by atoms with van der Waals surface area (Å²) in [5.74, 6) is 1.34. The molecule has 148 valence electrons. The number of rotatable bonds is 5. The first-order chi connectivity index (χ1) is 13.6. The van der Waals surface area contributed by atoms with Crippen LogP contribution in [0.25, 0.3) is 0 Å². The molecule has 0 radical (unpaired) electrons. The summed E-state index contributed by atoms with van der Waals surface area (Å²) in [6, 6.07) is 15.9. The van der Waals surface area contributed by atoms with E-state index in [1.807, 2.05) is 26.0 Å². The molecule has 3 nitrogen and oxygen atoms in total. The molecule has 2 aromatic carbocycles. The minimum atomic E-state index is 0.147. The quantitative estimate of drug-likeness (QED) is 0.660. The monoisotopic (exact) mass is 377 g/mol. The van der Waals surface area contributed by atoms with Crippen LogP contribution in [0.1, 0.15) is 59.2 Å². The average Bonchev–Trinajstić information content (AvgIpc) is 2.69. The van der Waals surface area contributed by atoms with Gasteiger partial charge in [-0.15, -0.1) is 0 Å². The van der Waals surface area contributed by atoms with Gasteiger partial charge in [0, 0.05) is 30.1 Å². The lowest BCUT2D eigenvalue weighted by Crippen LogP contribution is -2.52. The third-order valence-electron chi connectivity index (χ3n) is 6.71. The molecule has 0 saturated carbocycles. The lowest BCUT2D eigenvalue weighted by Gasteiger charge is -2.48. The molecule has 0 aromatic heterocycles. The van der Waals surface area contributed by atoms with Crippen molar-refractivity contribution < 1.29 is 9.53 Å². The van der Waals surface area contributed by atoms with Crippen molar-refractivity contribution in [2.45, 2.75) is 64.6 Å². The van der Waals surface area contributed by atoms with Gasteiger partial charge in [-0.05, 0) is 68.4 Å². The van der Waals surface area contributed by atoms with Crippen LogP contribution in [0.15, 0.2) is 42.5 Å². The second-order valence-electron chi connectivity index (χ2n) is 8.57. The van der Waals surface area contributed by atoms with Crippen molar-refractivity contribution in [1.29, 1.82) is 0 Å². The summed E-state index contributed by atoms with van der Waals surface area (Å²) in [5.41, 5.74) is 4.34. The number of Topliss-reactive ketones (excluding diaryl/α,β-unsaturated/α-hetero) is 1. The van der Waals surface area contributed by atoms with Crippen LogP contribution in [0.3, 0.4) is 0 Å². The number of ether oxygens (including phenoxy) is 1. The van der Waals surface area contributed by atoms with E-state index >= 15 is 0 Å². The van der Waals surface area contributed by atoms with Crippen molar-refractivity contribution in [3.8, 4) is 5.75 Å². The summed E-state index contributed by atoms with van der Waals surface area (Å²) >= 11 is 0. The zero-order chi connectivity index (χ0) is 19.7. The summed E-state index contributed by atoms with van der Waals surface area (Å²) in [6.07, 6.45) is 5.71. The Labute approximate surface area is 168 Å². The number of benzene rings is 2. The summed E-state index contributed by atoms with van der Waals surface area (Å²) < 4.78 is 5.42. The first-order valence-electron chi connectivity index (χ1n) is 10.6. The number of carbonyl (C=O) groups is 1. The zero-order valence-electron chi connectivity index (χ0n) is 17.3. The number of hydrogen-bond acceptors (Lipinski definition) is 3. The molecule has 2 saturated heterocycles. The smallest absolute Gasteiger partial charge is 0.166 e. The molecule has 4 rings (SSSR count). The standard InChI is InChI=1S/C25H31NO2/c1-17-13-24(28-3)18(2)12-23(17)25(27)20-14-21-10-7-11-22(15-20)26(21)16-19-8-5-4-6-9-19/h4-6,8-9,12-13,20-22H,7,10-11,14-16H2,1-3H3. The Morgan fingerprint density at radius 2 is 1.71 bits per heavy atom. The summed E-state index contributed by atoms with van der Waals surface area (Å²) in [7, 11) is 1.69. The highest BCUT2D eigenvalue weighted by atomic mass is 16.5. The molecule has 0 amide bonds. The van der Waals surface area contributed by atoms with Crippen molar-refractivity contribution in [2.75, 3.05) is 7.11 Å². The summed E-state index contributed by atoms with van der Waals surface area (Å²) in [5, 5.41) is 0. The molecule has 2 aliphatic heterocycles. The number of nitrogens with zero attached hydrogens (tertiary/aromatic N) is 1. The maximum atomic E-state index is 13.4. The largest absolute Gasteiger partial charge is 0.496 e. The molecular weight excluding hydrogens is 346 g/mol. The zero-order valence-corrected chi connectivity index (χ0v) is 17.3. The van der Waals surface area contributed by atoms with Gasteiger partial charge < -0.3 is 4.74 Å². The molecule has 2 atom stereocenters. The number of aryl methyl sites for hydroxylation is 2. The Kier molecular flexibility index (Phi) is 5.54. The van der Waals surface area contributed by atoms with Crippen molar-refractivity contribution in [3.63, 3.8) is 0 Å². The van der Waals surface area contributed by atoms with Crippen molar-refractivity contribution in [2.24, 2.45) is 5.92 Å². The van der Waals surface area contributed by atoms with E-state index in [0.29, 0.717) is 17.9 Å². The predicted molar refractivity (Wildman–Crippen MR) is 113 cm³/mol. The molecule has 2 fully saturated rings. The predicted octanol–water partition coefficient (Wildman–Crippen LogP) is 5.33. The van der Waals surface area contributed by atoms with Crippen LogP contribution in [0.5, 0.6) is 5.75 Å². The van der Waals surface area contributed by atoms with Crippen LogP contribution in [0, 0.1) is 19.8 Å². The topological polar surface area (TPSA) is 29.5 Å². The molecule has 0 aliphatic carbocycles. The maximum Gasteiger partial charge on any atom is 0.166 e. The van der Waals surface area contributed by atoms with Gasteiger partial charge in [0.05, 0.1) is 7.11 Å². The molecule has 2 heterocycles. The number of ketones is 1. The minimum Gasteiger partial charge on any atom is -0.496 e. The van der Waals surface area contributed by atoms with Crippen LogP contribution >= 0.6 is 0 Å². The van der Waals surface area contributed by atoms with Crippen molar-refractivity contribution in [1.82, 2.24) is 4.90 Å². The van der Waals surface area contributed by atoms with Crippen LogP contribution in [-0.2, 0) is 6.54 Å². The van der Waals surface area contributed by atoms with Gasteiger partial charge in [0.1, 0.15) is 5.75 Å². The number of carbonyl (C=O) groups excluding carboxylic acids is 1. The normalized spacial score (nSPS) is 24.8. The first kappa shape index (κ1) is 19.2. The van der Waals surface area contributed by atoms with Gasteiger partial charge in [0.25, 0.3) is 0 Å². The number of methoxy groups -OCH3 is 1. The third kappa shape index (κ3) is 3.73. The molecule has 0 N–H and O–H groups in total. The van der Waals surface area contributed by atoms with Crippen molar-refractivity contribution in [3.05, 3.63) is 64.7 Å². The van der Waals surface area contributed by atoms with Crippen molar-refractivity contribution >= 4 is 5.78 Å². The number of hydrogen-bond donors (Lipinski definition) is 0. The fraction of sp³-hybridized carbons (Fsp3) is 0.480. The van der Waals surface area contributed by atoms with Gasteiger partial charge in [-0.1, -0.05) is 36.8 Å². The molecule has 0 spiro atoms. The number of piperidine rings is 2.